The number of halogens is 1. The van der Waals surface area contributed by atoms with E-state index in [9.17, 15) is 4.79 Å². The van der Waals surface area contributed by atoms with Gasteiger partial charge in [0.25, 0.3) is 5.91 Å². The van der Waals surface area contributed by atoms with Crippen LogP contribution in [0.2, 0.25) is 5.02 Å². The lowest BCUT2D eigenvalue weighted by Crippen LogP contribution is -2.57. The van der Waals surface area contributed by atoms with E-state index in [-0.39, 0.29) is 5.91 Å². The SMILES string of the molecule is O=C1NC(CSc2ncnc3nc[nH]c23)(c2ccccc2Cl)Nc2cc3ccccc3cc21. The van der Waals surface area contributed by atoms with E-state index in [1.54, 1.807) is 6.33 Å². The Labute approximate surface area is 198 Å². The van der Waals surface area contributed by atoms with Crippen LogP contribution >= 0.6 is 23.4 Å². The maximum Gasteiger partial charge on any atom is 0.255 e. The predicted octanol–water partition coefficient (Wildman–Crippen LogP) is 4.96. The predicted molar refractivity (Wildman–Crippen MR) is 131 cm³/mol. The van der Waals surface area contributed by atoms with Crippen molar-refractivity contribution in [3.63, 3.8) is 0 Å². The molecule has 0 fully saturated rings. The lowest BCUT2D eigenvalue weighted by Gasteiger charge is -2.41. The average Bonchev–Trinajstić information content (AvgIpc) is 3.32. The second kappa shape index (κ2) is 7.75. The first-order valence-electron chi connectivity index (χ1n) is 10.3. The van der Waals surface area contributed by atoms with Gasteiger partial charge in [-0.1, -0.05) is 65.8 Å². The van der Waals surface area contributed by atoms with Crippen LogP contribution in [0, 0.1) is 0 Å². The number of H-pyrrole nitrogens is 1. The minimum absolute atomic E-state index is 0.163. The highest BCUT2D eigenvalue weighted by molar-refractivity contribution is 7.99. The van der Waals surface area contributed by atoms with Gasteiger partial charge < -0.3 is 15.6 Å². The largest absolute Gasteiger partial charge is 0.358 e. The lowest BCUT2D eigenvalue weighted by molar-refractivity contribution is 0.0908. The van der Waals surface area contributed by atoms with Crippen LogP contribution in [0.1, 0.15) is 15.9 Å². The van der Waals surface area contributed by atoms with Gasteiger partial charge in [-0.2, -0.15) is 0 Å². The maximum absolute atomic E-state index is 13.4. The minimum Gasteiger partial charge on any atom is -0.358 e. The Morgan fingerprint density at radius 1 is 0.939 bits per heavy atom. The molecule has 33 heavy (non-hydrogen) atoms. The van der Waals surface area contributed by atoms with Crippen molar-refractivity contribution in [3.8, 4) is 0 Å². The van der Waals surface area contributed by atoms with E-state index in [1.807, 2.05) is 60.7 Å². The zero-order valence-electron chi connectivity index (χ0n) is 17.2. The van der Waals surface area contributed by atoms with Crippen molar-refractivity contribution in [2.24, 2.45) is 0 Å². The van der Waals surface area contributed by atoms with E-state index in [0.717, 1.165) is 32.6 Å². The summed E-state index contributed by atoms with van der Waals surface area (Å²) in [5.74, 6) is 0.268. The van der Waals surface area contributed by atoms with Crippen molar-refractivity contribution >= 4 is 56.9 Å². The molecule has 9 heteroatoms. The number of benzene rings is 3. The first-order chi connectivity index (χ1) is 16.1. The fourth-order valence-corrected chi connectivity index (χ4v) is 5.54. The van der Waals surface area contributed by atoms with Gasteiger partial charge in [-0.3, -0.25) is 4.79 Å². The van der Waals surface area contributed by atoms with E-state index in [1.165, 1.54) is 18.1 Å². The molecule has 1 amide bonds. The molecular weight excluding hydrogens is 456 g/mol. The van der Waals surface area contributed by atoms with Crippen molar-refractivity contribution in [1.82, 2.24) is 25.3 Å². The van der Waals surface area contributed by atoms with Gasteiger partial charge >= 0.3 is 0 Å². The van der Waals surface area contributed by atoms with Crippen LogP contribution in [0.3, 0.4) is 0 Å². The number of anilines is 1. The summed E-state index contributed by atoms with van der Waals surface area (Å²) in [6.07, 6.45) is 3.08. The van der Waals surface area contributed by atoms with E-state index in [0.29, 0.717) is 22.0 Å². The molecule has 0 aliphatic carbocycles. The van der Waals surface area contributed by atoms with Crippen LogP contribution in [-0.4, -0.2) is 31.6 Å². The van der Waals surface area contributed by atoms with Crippen molar-refractivity contribution in [1.29, 1.82) is 0 Å². The van der Waals surface area contributed by atoms with Gasteiger partial charge in [-0.15, -0.1) is 0 Å². The highest BCUT2D eigenvalue weighted by Crippen LogP contribution is 2.40. The summed E-state index contributed by atoms with van der Waals surface area (Å²) in [6.45, 7) is 0. The van der Waals surface area contributed by atoms with Crippen molar-refractivity contribution in [2.75, 3.05) is 11.1 Å². The Morgan fingerprint density at radius 2 is 1.73 bits per heavy atom. The Bertz CT molecular complexity index is 1540. The van der Waals surface area contributed by atoms with Gasteiger partial charge in [0.05, 0.1) is 11.9 Å². The van der Waals surface area contributed by atoms with Crippen molar-refractivity contribution in [3.05, 3.63) is 89.5 Å². The molecule has 3 N–H and O–H groups in total. The minimum atomic E-state index is -0.952. The van der Waals surface area contributed by atoms with Crippen molar-refractivity contribution < 1.29 is 4.79 Å². The average molecular weight is 473 g/mol. The molecule has 3 heterocycles. The molecule has 162 valence electrons. The topological polar surface area (TPSA) is 95.6 Å². The molecule has 2 aromatic heterocycles. The second-order valence-electron chi connectivity index (χ2n) is 7.78. The molecule has 0 saturated heterocycles. The third-order valence-electron chi connectivity index (χ3n) is 5.75. The molecule has 1 aliphatic rings. The smallest absolute Gasteiger partial charge is 0.255 e. The number of carbonyl (C=O) groups is 1. The summed E-state index contributed by atoms with van der Waals surface area (Å²) in [7, 11) is 0. The van der Waals surface area contributed by atoms with Gasteiger partial charge in [0.1, 0.15) is 22.5 Å². The van der Waals surface area contributed by atoms with Gasteiger partial charge in [0.15, 0.2) is 5.65 Å². The standard InChI is InChI=1S/C24H17ClN6OS/c25-18-8-4-3-7-17(18)24(11-33-23-20-21(27-12-26-20)28-13-29-23)30-19-10-15-6-2-1-5-14(15)9-16(19)22(32)31-24/h1-10,12-13,30H,11H2,(H,31,32)(H,26,27,28,29). The monoisotopic (exact) mass is 472 g/mol. The summed E-state index contributed by atoms with van der Waals surface area (Å²) in [5.41, 5.74) is 2.53. The van der Waals surface area contributed by atoms with Crippen LogP contribution in [-0.2, 0) is 5.66 Å². The Morgan fingerprint density at radius 3 is 2.58 bits per heavy atom. The number of amides is 1. The van der Waals surface area contributed by atoms with E-state index < -0.39 is 5.66 Å². The number of imidazole rings is 1. The zero-order chi connectivity index (χ0) is 22.4. The Hall–Kier alpha value is -3.62. The molecule has 0 saturated carbocycles. The fourth-order valence-electron chi connectivity index (χ4n) is 4.17. The highest BCUT2D eigenvalue weighted by atomic mass is 35.5. The molecule has 1 unspecified atom stereocenters. The lowest BCUT2D eigenvalue weighted by atomic mass is 9.94. The van der Waals surface area contributed by atoms with Crippen LogP contribution < -0.4 is 10.6 Å². The van der Waals surface area contributed by atoms with Crippen molar-refractivity contribution in [2.45, 2.75) is 10.7 Å². The first kappa shape index (κ1) is 20.0. The summed E-state index contributed by atoms with van der Waals surface area (Å²) < 4.78 is 0. The van der Waals surface area contributed by atoms with Gasteiger partial charge in [0.2, 0.25) is 0 Å². The molecule has 1 atom stereocenters. The summed E-state index contributed by atoms with van der Waals surface area (Å²) in [4.78, 5) is 29.3. The van der Waals surface area contributed by atoms with E-state index >= 15 is 0 Å². The molecular formula is C24H17ClN6OS. The summed E-state index contributed by atoms with van der Waals surface area (Å²) >= 11 is 8.12. The number of fused-ring (bicyclic) bond motifs is 3. The molecule has 5 aromatic rings. The number of nitrogens with one attached hydrogen (secondary N) is 3. The molecule has 0 radical (unpaired) electrons. The molecule has 0 bridgehead atoms. The summed E-state index contributed by atoms with van der Waals surface area (Å²) in [6, 6.07) is 19.4. The first-order valence-corrected chi connectivity index (χ1v) is 11.6. The Balaban J connectivity index is 1.46. The fraction of sp³-hybridized carbons (Fsp3) is 0.0833. The third-order valence-corrected chi connectivity index (χ3v) is 7.24. The van der Waals surface area contributed by atoms with Gasteiger partial charge in [-0.05, 0) is 29.0 Å². The molecule has 6 rings (SSSR count). The number of aromatic amines is 1. The molecule has 3 aromatic carbocycles. The Kier molecular flexibility index (Phi) is 4.70. The number of nitrogens with zero attached hydrogens (tertiary/aromatic N) is 3. The number of carbonyl (C=O) groups excluding carboxylic acids is 1. The zero-order valence-corrected chi connectivity index (χ0v) is 18.7. The molecule has 1 aliphatic heterocycles. The molecule has 0 spiro atoms. The van der Waals surface area contributed by atoms with Crippen LogP contribution in [0.25, 0.3) is 21.9 Å². The van der Waals surface area contributed by atoms with Crippen LogP contribution in [0.15, 0.2) is 78.3 Å². The quantitative estimate of drug-likeness (QED) is 0.253. The second-order valence-corrected chi connectivity index (χ2v) is 9.15. The van der Waals surface area contributed by atoms with Crippen LogP contribution in [0.5, 0.6) is 0 Å². The molecule has 7 nitrogen and oxygen atoms in total. The van der Waals surface area contributed by atoms with E-state index in [4.69, 9.17) is 11.6 Å². The van der Waals surface area contributed by atoms with Gasteiger partial charge in [-0.25, -0.2) is 15.0 Å². The number of hydrogen-bond acceptors (Lipinski definition) is 6. The number of aromatic nitrogens is 4. The van der Waals surface area contributed by atoms with Crippen LogP contribution in [0.4, 0.5) is 5.69 Å². The van der Waals surface area contributed by atoms with Gasteiger partial charge in [0, 0.05) is 22.0 Å². The number of rotatable bonds is 4. The maximum atomic E-state index is 13.4. The normalized spacial score (nSPS) is 17.5. The number of hydrogen-bond donors (Lipinski definition) is 3. The third kappa shape index (κ3) is 3.39. The highest BCUT2D eigenvalue weighted by Gasteiger charge is 2.41. The van der Waals surface area contributed by atoms with E-state index in [2.05, 4.69) is 30.6 Å². The summed E-state index contributed by atoms with van der Waals surface area (Å²) in [5, 5.41) is 10.2. The number of thioether (sulfide) groups is 1.